The SMILES string of the molecule is COOC(=O)c1ccccc1.Nc1ccn([C@H]2CS[C@@H](CO)O2)c(=O)n1. The number of rotatable bonds is 4. The van der Waals surface area contributed by atoms with E-state index in [-0.39, 0.29) is 24.1 Å². The molecule has 0 saturated carbocycles. The fourth-order valence-electron chi connectivity index (χ4n) is 2.03. The summed E-state index contributed by atoms with van der Waals surface area (Å²) in [5, 5.41) is 8.88. The summed E-state index contributed by atoms with van der Waals surface area (Å²) in [6, 6.07) is 10.2. The third-order valence-corrected chi connectivity index (χ3v) is 4.32. The number of benzene rings is 1. The first-order valence-corrected chi connectivity index (χ1v) is 8.62. The van der Waals surface area contributed by atoms with Gasteiger partial charge in [-0.3, -0.25) is 9.45 Å². The number of anilines is 1. The molecule has 0 unspecified atom stereocenters. The number of hydrogen-bond donors (Lipinski definition) is 2. The molecule has 2 atom stereocenters. The zero-order valence-corrected chi connectivity index (χ0v) is 14.8. The molecule has 26 heavy (non-hydrogen) atoms. The molecular weight excluding hydrogens is 362 g/mol. The van der Waals surface area contributed by atoms with Crippen LogP contribution in [0.3, 0.4) is 0 Å². The lowest BCUT2D eigenvalue weighted by molar-refractivity contribution is -0.216. The molecule has 10 heteroatoms. The van der Waals surface area contributed by atoms with Crippen LogP contribution in [0.1, 0.15) is 16.6 Å². The predicted molar refractivity (Wildman–Crippen MR) is 95.2 cm³/mol. The van der Waals surface area contributed by atoms with Crippen LogP contribution in [0.25, 0.3) is 0 Å². The smallest absolute Gasteiger partial charge is 0.373 e. The normalized spacial score (nSPS) is 18.7. The van der Waals surface area contributed by atoms with E-state index in [0.29, 0.717) is 11.3 Å². The van der Waals surface area contributed by atoms with Gasteiger partial charge < -0.3 is 15.6 Å². The van der Waals surface area contributed by atoms with Gasteiger partial charge >= 0.3 is 11.7 Å². The summed E-state index contributed by atoms with van der Waals surface area (Å²) in [4.78, 5) is 34.4. The fourth-order valence-corrected chi connectivity index (χ4v) is 2.96. The molecule has 1 aliphatic heterocycles. The van der Waals surface area contributed by atoms with E-state index < -0.39 is 11.7 Å². The van der Waals surface area contributed by atoms with Crippen LogP contribution in [0.2, 0.25) is 0 Å². The molecule has 1 aromatic carbocycles. The molecule has 1 saturated heterocycles. The van der Waals surface area contributed by atoms with Gasteiger partial charge in [-0.15, -0.1) is 11.8 Å². The lowest BCUT2D eigenvalue weighted by Gasteiger charge is -2.13. The first-order valence-electron chi connectivity index (χ1n) is 7.57. The first-order chi connectivity index (χ1) is 12.5. The highest BCUT2D eigenvalue weighted by Crippen LogP contribution is 2.30. The van der Waals surface area contributed by atoms with E-state index in [0.717, 1.165) is 0 Å². The van der Waals surface area contributed by atoms with Gasteiger partial charge in [-0.2, -0.15) is 9.87 Å². The van der Waals surface area contributed by atoms with Crippen LogP contribution in [0.15, 0.2) is 47.4 Å². The zero-order valence-electron chi connectivity index (χ0n) is 14.0. The van der Waals surface area contributed by atoms with Crippen molar-refractivity contribution in [2.24, 2.45) is 0 Å². The van der Waals surface area contributed by atoms with Gasteiger partial charge in [0.05, 0.1) is 19.3 Å². The molecule has 0 aliphatic carbocycles. The van der Waals surface area contributed by atoms with Crippen molar-refractivity contribution in [3.63, 3.8) is 0 Å². The molecule has 2 aromatic rings. The summed E-state index contributed by atoms with van der Waals surface area (Å²) in [6.45, 7) is -0.0572. The van der Waals surface area contributed by atoms with Gasteiger partial charge in [0.2, 0.25) is 0 Å². The third-order valence-electron chi connectivity index (χ3n) is 3.21. The van der Waals surface area contributed by atoms with Crippen molar-refractivity contribution in [3.8, 4) is 0 Å². The molecule has 140 valence electrons. The highest BCUT2D eigenvalue weighted by atomic mass is 32.2. The number of carbonyl (C=O) groups excluding carboxylic acids is 1. The summed E-state index contributed by atoms with van der Waals surface area (Å²) in [7, 11) is 1.29. The largest absolute Gasteiger partial charge is 0.393 e. The minimum atomic E-state index is -0.479. The van der Waals surface area contributed by atoms with Gasteiger partial charge in [-0.25, -0.2) is 9.59 Å². The maximum Gasteiger partial charge on any atom is 0.373 e. The monoisotopic (exact) mass is 381 g/mol. The molecule has 1 aromatic heterocycles. The molecule has 1 aliphatic rings. The number of nitrogens with two attached hydrogens (primary N) is 1. The Bertz CT molecular complexity index is 770. The van der Waals surface area contributed by atoms with Crippen LogP contribution in [0.5, 0.6) is 0 Å². The first kappa shape index (κ1) is 19.9. The Morgan fingerprint density at radius 3 is 2.73 bits per heavy atom. The van der Waals surface area contributed by atoms with Crippen molar-refractivity contribution >= 4 is 23.5 Å². The minimum Gasteiger partial charge on any atom is -0.393 e. The van der Waals surface area contributed by atoms with Crippen molar-refractivity contribution in [1.29, 1.82) is 0 Å². The van der Waals surface area contributed by atoms with E-state index in [2.05, 4.69) is 14.8 Å². The van der Waals surface area contributed by atoms with E-state index in [1.165, 1.54) is 23.4 Å². The number of nitrogen functional groups attached to an aromatic ring is 1. The van der Waals surface area contributed by atoms with E-state index in [1.54, 1.807) is 36.5 Å². The Hall–Kier alpha value is -2.40. The van der Waals surface area contributed by atoms with Crippen molar-refractivity contribution < 1.29 is 24.4 Å². The zero-order chi connectivity index (χ0) is 18.9. The van der Waals surface area contributed by atoms with E-state index in [9.17, 15) is 9.59 Å². The van der Waals surface area contributed by atoms with Crippen LogP contribution in [0, 0.1) is 0 Å². The van der Waals surface area contributed by atoms with Gasteiger partial charge in [0.15, 0.2) is 0 Å². The molecule has 2 heterocycles. The molecule has 0 radical (unpaired) electrons. The van der Waals surface area contributed by atoms with E-state index >= 15 is 0 Å². The van der Waals surface area contributed by atoms with Gasteiger partial charge in [0, 0.05) is 11.9 Å². The van der Waals surface area contributed by atoms with E-state index in [4.69, 9.17) is 15.6 Å². The molecule has 0 amide bonds. The maximum absolute atomic E-state index is 11.4. The van der Waals surface area contributed by atoms with Crippen molar-refractivity contribution in [1.82, 2.24) is 9.55 Å². The molecule has 3 N–H and O–H groups in total. The summed E-state index contributed by atoms with van der Waals surface area (Å²) in [6.07, 6.45) is 1.18. The molecule has 1 fully saturated rings. The highest BCUT2D eigenvalue weighted by Gasteiger charge is 2.27. The van der Waals surface area contributed by atoms with Gasteiger partial charge in [0.25, 0.3) is 0 Å². The average Bonchev–Trinajstić information content (AvgIpc) is 3.12. The van der Waals surface area contributed by atoms with Crippen LogP contribution in [-0.4, -0.2) is 45.5 Å². The average molecular weight is 381 g/mol. The second-order valence-electron chi connectivity index (χ2n) is 4.98. The Morgan fingerprint density at radius 2 is 2.15 bits per heavy atom. The number of thioether (sulfide) groups is 1. The topological polar surface area (TPSA) is 126 Å². The lowest BCUT2D eigenvalue weighted by atomic mass is 10.2. The number of hydrogen-bond acceptors (Lipinski definition) is 9. The summed E-state index contributed by atoms with van der Waals surface area (Å²) >= 11 is 1.47. The second kappa shape index (κ2) is 9.92. The Balaban J connectivity index is 0.000000197. The molecular formula is C16H19N3O6S. The quantitative estimate of drug-likeness (QED) is 0.584. The van der Waals surface area contributed by atoms with Gasteiger partial charge in [0.1, 0.15) is 17.5 Å². The predicted octanol–water partition coefficient (Wildman–Crippen LogP) is 0.811. The Labute approximate surface area is 153 Å². The lowest BCUT2D eigenvalue weighted by Crippen LogP contribution is -2.28. The number of carbonyl (C=O) groups is 1. The number of aromatic nitrogens is 2. The van der Waals surface area contributed by atoms with Crippen LogP contribution < -0.4 is 11.4 Å². The van der Waals surface area contributed by atoms with Gasteiger partial charge in [-0.05, 0) is 18.2 Å². The highest BCUT2D eigenvalue weighted by molar-refractivity contribution is 8.00. The van der Waals surface area contributed by atoms with Crippen LogP contribution >= 0.6 is 11.8 Å². The van der Waals surface area contributed by atoms with Crippen LogP contribution in [-0.2, 0) is 14.5 Å². The Kier molecular flexibility index (Phi) is 7.60. The maximum atomic E-state index is 11.4. The Morgan fingerprint density at radius 1 is 1.42 bits per heavy atom. The molecule has 9 nitrogen and oxygen atoms in total. The van der Waals surface area contributed by atoms with E-state index in [1.807, 2.05) is 6.07 Å². The number of ether oxygens (including phenoxy) is 1. The summed E-state index contributed by atoms with van der Waals surface area (Å²) in [5.74, 6) is 0.338. The standard InChI is InChI=1S/C8H11N3O3S.C8H8O3/c9-5-1-2-11(8(13)10-5)6-4-15-7(3-12)14-6;1-10-11-8(9)7-5-3-2-4-6-7/h1-2,6-7,12H,3-4H2,(H2,9,10,13);2-6H,1H3/t6-,7+;/m1./s1. The fraction of sp³-hybridized carbons (Fsp3) is 0.312. The molecule has 3 rings (SSSR count). The number of nitrogens with zero attached hydrogens (tertiary/aromatic N) is 2. The summed E-state index contributed by atoms with van der Waals surface area (Å²) < 4.78 is 6.79. The summed E-state index contributed by atoms with van der Waals surface area (Å²) in [5.41, 5.74) is 5.15. The molecule has 0 spiro atoms. The second-order valence-corrected chi connectivity index (χ2v) is 6.17. The van der Waals surface area contributed by atoms with Crippen molar-refractivity contribution in [3.05, 3.63) is 58.6 Å². The van der Waals surface area contributed by atoms with Gasteiger partial charge in [-0.1, -0.05) is 18.2 Å². The number of aliphatic hydroxyl groups excluding tert-OH is 1. The minimum absolute atomic E-state index is 0.0572. The number of aliphatic hydroxyl groups is 1. The van der Waals surface area contributed by atoms with Crippen molar-refractivity contribution in [2.45, 2.75) is 11.7 Å². The van der Waals surface area contributed by atoms with Crippen molar-refractivity contribution in [2.75, 3.05) is 25.2 Å². The van der Waals surface area contributed by atoms with Crippen LogP contribution in [0.4, 0.5) is 5.82 Å². The third kappa shape index (κ3) is 5.56. The molecule has 0 bridgehead atoms.